The number of anilines is 1. The highest BCUT2D eigenvalue weighted by molar-refractivity contribution is 6.01. The number of hydrogen-bond donors (Lipinski definition) is 0. The molecule has 0 N–H and O–H groups in total. The summed E-state index contributed by atoms with van der Waals surface area (Å²) in [5.74, 6) is 1.32. The summed E-state index contributed by atoms with van der Waals surface area (Å²) in [6, 6.07) is 13.2. The number of nitrogens with zero attached hydrogens (tertiary/aromatic N) is 1. The summed E-state index contributed by atoms with van der Waals surface area (Å²) in [6.07, 6.45) is 1.69. The molecule has 2 aromatic carbocycles. The SMILES string of the molecule is CCc1ccc(OCCCN2C(=O)COc3ccc(C(C)=O)cc32)cc1. The van der Waals surface area contributed by atoms with Crippen LogP contribution in [0.4, 0.5) is 5.69 Å². The fourth-order valence-corrected chi connectivity index (χ4v) is 2.90. The van der Waals surface area contributed by atoms with Gasteiger partial charge in [0.2, 0.25) is 0 Å². The molecule has 1 heterocycles. The van der Waals surface area contributed by atoms with Crippen LogP contribution in [-0.2, 0) is 11.2 Å². The van der Waals surface area contributed by atoms with Gasteiger partial charge in [0.15, 0.2) is 12.4 Å². The Balaban J connectivity index is 1.61. The molecular weight excluding hydrogens is 330 g/mol. The first-order valence-electron chi connectivity index (χ1n) is 8.88. The van der Waals surface area contributed by atoms with Gasteiger partial charge in [-0.1, -0.05) is 19.1 Å². The number of rotatable bonds is 7. The monoisotopic (exact) mass is 353 g/mol. The van der Waals surface area contributed by atoms with Gasteiger partial charge in [-0.15, -0.1) is 0 Å². The first-order chi connectivity index (χ1) is 12.6. The second-order valence-electron chi connectivity index (χ2n) is 6.27. The first kappa shape index (κ1) is 18.0. The van der Waals surface area contributed by atoms with E-state index in [1.165, 1.54) is 12.5 Å². The van der Waals surface area contributed by atoms with E-state index < -0.39 is 0 Å². The van der Waals surface area contributed by atoms with Crippen LogP contribution in [0, 0.1) is 0 Å². The number of ether oxygens (including phenoxy) is 2. The van der Waals surface area contributed by atoms with Gasteiger partial charge in [-0.3, -0.25) is 9.59 Å². The van der Waals surface area contributed by atoms with Crippen molar-refractivity contribution in [1.82, 2.24) is 0 Å². The minimum atomic E-state index is -0.106. The molecule has 5 heteroatoms. The largest absolute Gasteiger partial charge is 0.494 e. The van der Waals surface area contributed by atoms with E-state index in [-0.39, 0.29) is 18.3 Å². The van der Waals surface area contributed by atoms with Crippen molar-refractivity contribution in [2.45, 2.75) is 26.7 Å². The summed E-state index contributed by atoms with van der Waals surface area (Å²) in [5.41, 5.74) is 2.50. The van der Waals surface area contributed by atoms with Gasteiger partial charge < -0.3 is 14.4 Å². The number of hydrogen-bond acceptors (Lipinski definition) is 4. The van der Waals surface area contributed by atoms with Crippen molar-refractivity contribution in [2.75, 3.05) is 24.7 Å². The number of ketones is 1. The van der Waals surface area contributed by atoms with Crippen LogP contribution in [0.3, 0.4) is 0 Å². The molecule has 0 aliphatic carbocycles. The van der Waals surface area contributed by atoms with Gasteiger partial charge in [0.1, 0.15) is 11.5 Å². The zero-order valence-corrected chi connectivity index (χ0v) is 15.2. The summed E-state index contributed by atoms with van der Waals surface area (Å²) < 4.78 is 11.2. The van der Waals surface area contributed by atoms with Crippen molar-refractivity contribution in [3.8, 4) is 11.5 Å². The lowest BCUT2D eigenvalue weighted by Gasteiger charge is -2.29. The smallest absolute Gasteiger partial charge is 0.265 e. The molecule has 3 rings (SSSR count). The third-order valence-corrected chi connectivity index (χ3v) is 4.43. The number of Topliss-reactive ketones (excluding diaryl/α,β-unsaturated/α-hetero) is 1. The number of fused-ring (bicyclic) bond motifs is 1. The zero-order chi connectivity index (χ0) is 18.5. The average Bonchev–Trinajstić information content (AvgIpc) is 2.66. The molecule has 0 unspecified atom stereocenters. The van der Waals surface area contributed by atoms with Gasteiger partial charge in [-0.05, 0) is 55.7 Å². The maximum Gasteiger partial charge on any atom is 0.265 e. The Morgan fingerprint density at radius 3 is 2.65 bits per heavy atom. The van der Waals surface area contributed by atoms with Crippen molar-refractivity contribution in [1.29, 1.82) is 0 Å². The van der Waals surface area contributed by atoms with Crippen LogP contribution in [0.2, 0.25) is 0 Å². The van der Waals surface area contributed by atoms with Crippen LogP contribution in [-0.4, -0.2) is 31.4 Å². The summed E-state index contributed by atoms with van der Waals surface area (Å²) in [5, 5.41) is 0. The fraction of sp³-hybridized carbons (Fsp3) is 0.333. The second kappa shape index (κ2) is 8.04. The van der Waals surface area contributed by atoms with E-state index in [1.807, 2.05) is 12.1 Å². The Morgan fingerprint density at radius 2 is 1.96 bits per heavy atom. The molecule has 0 radical (unpaired) electrons. The van der Waals surface area contributed by atoms with Crippen molar-refractivity contribution in [3.63, 3.8) is 0 Å². The van der Waals surface area contributed by atoms with Gasteiger partial charge in [0.05, 0.1) is 12.3 Å². The predicted octanol–water partition coefficient (Wildman–Crippen LogP) is 3.65. The zero-order valence-electron chi connectivity index (χ0n) is 15.2. The van der Waals surface area contributed by atoms with Gasteiger partial charge >= 0.3 is 0 Å². The summed E-state index contributed by atoms with van der Waals surface area (Å²) in [7, 11) is 0. The molecule has 0 bridgehead atoms. The number of carbonyl (C=O) groups is 2. The number of benzene rings is 2. The molecule has 0 saturated carbocycles. The van der Waals surface area contributed by atoms with Crippen molar-refractivity contribution in [2.24, 2.45) is 0 Å². The second-order valence-corrected chi connectivity index (χ2v) is 6.27. The Morgan fingerprint density at radius 1 is 1.19 bits per heavy atom. The highest BCUT2D eigenvalue weighted by atomic mass is 16.5. The molecule has 0 atom stereocenters. The lowest BCUT2D eigenvalue weighted by molar-refractivity contribution is -0.121. The van der Waals surface area contributed by atoms with Crippen LogP contribution in [0.25, 0.3) is 0 Å². The highest BCUT2D eigenvalue weighted by Gasteiger charge is 2.25. The minimum Gasteiger partial charge on any atom is -0.494 e. The molecule has 5 nitrogen and oxygen atoms in total. The van der Waals surface area contributed by atoms with Gasteiger partial charge in [-0.25, -0.2) is 0 Å². The Kier molecular flexibility index (Phi) is 5.56. The van der Waals surface area contributed by atoms with E-state index in [0.29, 0.717) is 36.6 Å². The van der Waals surface area contributed by atoms with Gasteiger partial charge in [-0.2, -0.15) is 0 Å². The lowest BCUT2D eigenvalue weighted by Crippen LogP contribution is -2.40. The quantitative estimate of drug-likeness (QED) is 0.563. The van der Waals surface area contributed by atoms with Crippen molar-refractivity contribution < 1.29 is 19.1 Å². The molecule has 0 fully saturated rings. The van der Waals surface area contributed by atoms with Crippen LogP contribution < -0.4 is 14.4 Å². The third kappa shape index (κ3) is 4.04. The standard InChI is InChI=1S/C21H23NO4/c1-3-16-5-8-18(9-6-16)25-12-4-11-22-19-13-17(15(2)23)7-10-20(19)26-14-21(22)24/h5-10,13H,3-4,11-12,14H2,1-2H3. The number of aryl methyl sites for hydroxylation is 1. The van der Waals surface area contributed by atoms with Crippen LogP contribution >= 0.6 is 0 Å². The fourth-order valence-electron chi connectivity index (χ4n) is 2.90. The molecule has 0 saturated heterocycles. The van der Waals surface area contributed by atoms with E-state index in [2.05, 4.69) is 19.1 Å². The topological polar surface area (TPSA) is 55.8 Å². The summed E-state index contributed by atoms with van der Waals surface area (Å²) in [4.78, 5) is 25.5. The maximum absolute atomic E-state index is 12.2. The lowest BCUT2D eigenvalue weighted by atomic mass is 10.1. The summed E-state index contributed by atoms with van der Waals surface area (Å²) >= 11 is 0. The van der Waals surface area contributed by atoms with Crippen molar-refractivity contribution in [3.05, 3.63) is 53.6 Å². The molecule has 0 aromatic heterocycles. The van der Waals surface area contributed by atoms with Gasteiger partial charge in [0, 0.05) is 12.1 Å². The minimum absolute atomic E-state index is 0.0196. The normalized spacial score (nSPS) is 13.2. The Bertz CT molecular complexity index is 798. The first-order valence-corrected chi connectivity index (χ1v) is 8.88. The van der Waals surface area contributed by atoms with Gasteiger partial charge in [0.25, 0.3) is 5.91 Å². The molecule has 1 aliphatic rings. The Labute approximate surface area is 153 Å². The van der Waals surface area contributed by atoms with Crippen LogP contribution in [0.15, 0.2) is 42.5 Å². The Hall–Kier alpha value is -2.82. The molecule has 26 heavy (non-hydrogen) atoms. The number of amides is 1. The molecule has 0 spiro atoms. The summed E-state index contributed by atoms with van der Waals surface area (Å²) in [6.45, 7) is 4.67. The maximum atomic E-state index is 12.2. The van der Waals surface area contributed by atoms with Crippen molar-refractivity contribution >= 4 is 17.4 Å². The van der Waals surface area contributed by atoms with Crippen LogP contribution in [0.5, 0.6) is 11.5 Å². The molecule has 136 valence electrons. The molecule has 1 amide bonds. The van der Waals surface area contributed by atoms with E-state index in [1.54, 1.807) is 23.1 Å². The number of carbonyl (C=O) groups excluding carboxylic acids is 2. The van der Waals surface area contributed by atoms with E-state index in [0.717, 1.165) is 12.2 Å². The average molecular weight is 353 g/mol. The predicted molar refractivity (Wildman–Crippen MR) is 100 cm³/mol. The van der Waals surface area contributed by atoms with E-state index in [4.69, 9.17) is 9.47 Å². The molecule has 1 aliphatic heterocycles. The van der Waals surface area contributed by atoms with E-state index >= 15 is 0 Å². The van der Waals surface area contributed by atoms with Crippen LogP contribution in [0.1, 0.15) is 36.2 Å². The molecule has 2 aromatic rings. The highest BCUT2D eigenvalue weighted by Crippen LogP contribution is 2.33. The molecular formula is C21H23NO4. The van der Waals surface area contributed by atoms with E-state index in [9.17, 15) is 9.59 Å². The third-order valence-electron chi connectivity index (χ3n) is 4.43.